The fourth-order valence-electron chi connectivity index (χ4n) is 2.17. The number of carbonyl (C=O) groups is 1. The standard InChI is InChI=1S/C17H20N2O2/c1-11-7-9-13(10-8-11)12(2)19-17(20)14-5-4-6-15(18)16(14)21-3/h4-10,12H,18H2,1-3H3,(H,19,20). The molecule has 0 aliphatic carbocycles. The topological polar surface area (TPSA) is 64.3 Å². The van der Waals surface area contributed by atoms with Gasteiger partial charge in [-0.2, -0.15) is 0 Å². The summed E-state index contributed by atoms with van der Waals surface area (Å²) in [6.45, 7) is 3.98. The molecule has 0 saturated heterocycles. The third-order valence-corrected chi connectivity index (χ3v) is 3.42. The molecule has 0 saturated carbocycles. The molecular weight excluding hydrogens is 264 g/mol. The van der Waals surface area contributed by atoms with Gasteiger partial charge in [0.05, 0.1) is 24.4 Å². The lowest BCUT2D eigenvalue weighted by Crippen LogP contribution is -2.27. The second kappa shape index (κ2) is 6.31. The molecule has 0 aliphatic heterocycles. The molecule has 0 spiro atoms. The van der Waals surface area contributed by atoms with Crippen LogP contribution in [0.3, 0.4) is 0 Å². The van der Waals surface area contributed by atoms with Gasteiger partial charge in [-0.05, 0) is 31.5 Å². The molecule has 1 amide bonds. The summed E-state index contributed by atoms with van der Waals surface area (Å²) in [5.41, 5.74) is 8.96. The Hall–Kier alpha value is -2.49. The molecule has 1 unspecified atom stereocenters. The first-order chi connectivity index (χ1) is 10.0. The van der Waals surface area contributed by atoms with E-state index in [0.29, 0.717) is 17.0 Å². The number of para-hydroxylation sites is 1. The van der Waals surface area contributed by atoms with E-state index in [2.05, 4.69) is 5.32 Å². The van der Waals surface area contributed by atoms with E-state index < -0.39 is 0 Å². The molecule has 0 bridgehead atoms. The van der Waals surface area contributed by atoms with E-state index >= 15 is 0 Å². The molecule has 4 heteroatoms. The SMILES string of the molecule is COc1c(N)cccc1C(=O)NC(C)c1ccc(C)cc1. The molecular formula is C17H20N2O2. The van der Waals surface area contributed by atoms with Crippen molar-refractivity contribution < 1.29 is 9.53 Å². The van der Waals surface area contributed by atoms with Gasteiger partial charge in [-0.3, -0.25) is 4.79 Å². The van der Waals surface area contributed by atoms with E-state index in [1.54, 1.807) is 18.2 Å². The Morgan fingerprint density at radius 3 is 2.48 bits per heavy atom. The van der Waals surface area contributed by atoms with Crippen LogP contribution in [0.15, 0.2) is 42.5 Å². The number of nitrogens with one attached hydrogen (secondary N) is 1. The maximum atomic E-state index is 12.4. The molecule has 1 atom stereocenters. The summed E-state index contributed by atoms with van der Waals surface area (Å²) < 4.78 is 5.21. The normalized spacial score (nSPS) is 11.8. The first kappa shape index (κ1) is 14.9. The molecule has 110 valence electrons. The summed E-state index contributed by atoms with van der Waals surface area (Å²) >= 11 is 0. The zero-order chi connectivity index (χ0) is 15.4. The zero-order valence-electron chi connectivity index (χ0n) is 12.5. The van der Waals surface area contributed by atoms with Gasteiger partial charge in [0.15, 0.2) is 5.75 Å². The van der Waals surface area contributed by atoms with E-state index in [-0.39, 0.29) is 11.9 Å². The molecule has 0 aliphatic rings. The highest BCUT2D eigenvalue weighted by Gasteiger charge is 2.16. The predicted molar refractivity (Wildman–Crippen MR) is 84.5 cm³/mol. The number of rotatable bonds is 4. The lowest BCUT2D eigenvalue weighted by atomic mass is 10.1. The number of carbonyl (C=O) groups excluding carboxylic acids is 1. The number of anilines is 1. The molecule has 21 heavy (non-hydrogen) atoms. The Morgan fingerprint density at radius 1 is 1.19 bits per heavy atom. The van der Waals surface area contributed by atoms with Crippen LogP contribution in [0.25, 0.3) is 0 Å². The van der Waals surface area contributed by atoms with Crippen LogP contribution in [0.5, 0.6) is 5.75 Å². The first-order valence-corrected chi connectivity index (χ1v) is 6.83. The fourth-order valence-corrected chi connectivity index (χ4v) is 2.17. The smallest absolute Gasteiger partial charge is 0.255 e. The third kappa shape index (κ3) is 3.34. The van der Waals surface area contributed by atoms with Crippen molar-refractivity contribution >= 4 is 11.6 Å². The first-order valence-electron chi connectivity index (χ1n) is 6.83. The molecule has 0 fully saturated rings. The van der Waals surface area contributed by atoms with Crippen molar-refractivity contribution in [2.75, 3.05) is 12.8 Å². The summed E-state index contributed by atoms with van der Waals surface area (Å²) in [5, 5.41) is 2.96. The van der Waals surface area contributed by atoms with Gasteiger partial charge in [-0.25, -0.2) is 0 Å². The molecule has 2 aromatic carbocycles. The summed E-state index contributed by atoms with van der Waals surface area (Å²) in [5.74, 6) is 0.207. The van der Waals surface area contributed by atoms with Gasteiger partial charge in [0, 0.05) is 0 Å². The van der Waals surface area contributed by atoms with Gasteiger partial charge >= 0.3 is 0 Å². The third-order valence-electron chi connectivity index (χ3n) is 3.42. The van der Waals surface area contributed by atoms with Crippen LogP contribution in [0.2, 0.25) is 0 Å². The van der Waals surface area contributed by atoms with Crippen LogP contribution in [-0.2, 0) is 0 Å². The summed E-state index contributed by atoms with van der Waals surface area (Å²) in [6, 6.07) is 13.1. The number of hydrogen-bond acceptors (Lipinski definition) is 3. The zero-order valence-corrected chi connectivity index (χ0v) is 12.5. The minimum absolute atomic E-state index is 0.0933. The Kier molecular flexibility index (Phi) is 4.48. The Bertz CT molecular complexity index is 636. The number of benzene rings is 2. The molecule has 3 N–H and O–H groups in total. The highest BCUT2D eigenvalue weighted by Crippen LogP contribution is 2.26. The lowest BCUT2D eigenvalue weighted by molar-refractivity contribution is 0.0937. The number of amides is 1. The molecule has 0 radical (unpaired) electrons. The average molecular weight is 284 g/mol. The molecule has 4 nitrogen and oxygen atoms in total. The van der Waals surface area contributed by atoms with Crippen LogP contribution in [0, 0.1) is 6.92 Å². The number of aryl methyl sites for hydroxylation is 1. The maximum absolute atomic E-state index is 12.4. The van der Waals surface area contributed by atoms with E-state index in [1.165, 1.54) is 12.7 Å². The quantitative estimate of drug-likeness (QED) is 0.848. The Morgan fingerprint density at radius 2 is 1.86 bits per heavy atom. The molecule has 0 aromatic heterocycles. The summed E-state index contributed by atoms with van der Waals surface area (Å²) in [7, 11) is 1.51. The molecule has 2 aromatic rings. The van der Waals surface area contributed by atoms with E-state index in [1.807, 2.05) is 38.1 Å². The molecule has 0 heterocycles. The van der Waals surface area contributed by atoms with Crippen molar-refractivity contribution in [3.8, 4) is 5.75 Å². The Labute approximate surface area is 124 Å². The summed E-state index contributed by atoms with van der Waals surface area (Å²) in [6.07, 6.45) is 0. The Balaban J connectivity index is 2.18. The second-order valence-corrected chi connectivity index (χ2v) is 5.03. The van der Waals surface area contributed by atoms with Gasteiger partial charge < -0.3 is 15.8 Å². The number of nitrogen functional groups attached to an aromatic ring is 1. The minimum Gasteiger partial charge on any atom is -0.494 e. The van der Waals surface area contributed by atoms with E-state index in [0.717, 1.165) is 5.56 Å². The van der Waals surface area contributed by atoms with Crippen molar-refractivity contribution in [2.45, 2.75) is 19.9 Å². The monoisotopic (exact) mass is 284 g/mol. The fraction of sp³-hybridized carbons (Fsp3) is 0.235. The van der Waals surface area contributed by atoms with Crippen LogP contribution >= 0.6 is 0 Å². The highest BCUT2D eigenvalue weighted by atomic mass is 16.5. The molecule has 2 rings (SSSR count). The van der Waals surface area contributed by atoms with Crippen molar-refractivity contribution in [1.29, 1.82) is 0 Å². The van der Waals surface area contributed by atoms with Crippen LogP contribution in [0.1, 0.15) is 34.5 Å². The van der Waals surface area contributed by atoms with E-state index in [9.17, 15) is 4.79 Å². The number of ether oxygens (including phenoxy) is 1. The van der Waals surface area contributed by atoms with Gasteiger partial charge in [-0.1, -0.05) is 35.9 Å². The van der Waals surface area contributed by atoms with Crippen molar-refractivity contribution in [3.63, 3.8) is 0 Å². The predicted octanol–water partition coefficient (Wildman–Crippen LogP) is 3.08. The van der Waals surface area contributed by atoms with Crippen molar-refractivity contribution in [3.05, 3.63) is 59.2 Å². The van der Waals surface area contributed by atoms with Crippen LogP contribution in [-0.4, -0.2) is 13.0 Å². The van der Waals surface area contributed by atoms with Crippen molar-refractivity contribution in [1.82, 2.24) is 5.32 Å². The number of methoxy groups -OCH3 is 1. The summed E-state index contributed by atoms with van der Waals surface area (Å²) in [4.78, 5) is 12.4. The van der Waals surface area contributed by atoms with Crippen molar-refractivity contribution in [2.24, 2.45) is 0 Å². The minimum atomic E-state index is -0.202. The van der Waals surface area contributed by atoms with Gasteiger partial charge in [0.1, 0.15) is 0 Å². The largest absolute Gasteiger partial charge is 0.494 e. The van der Waals surface area contributed by atoms with Gasteiger partial charge in [0.2, 0.25) is 0 Å². The lowest BCUT2D eigenvalue weighted by Gasteiger charge is -2.16. The maximum Gasteiger partial charge on any atom is 0.255 e. The number of nitrogens with two attached hydrogens (primary N) is 1. The average Bonchev–Trinajstić information content (AvgIpc) is 2.47. The second-order valence-electron chi connectivity index (χ2n) is 5.03. The number of hydrogen-bond donors (Lipinski definition) is 2. The van der Waals surface area contributed by atoms with Gasteiger partial charge in [0.25, 0.3) is 5.91 Å². The van der Waals surface area contributed by atoms with Crippen LogP contribution in [0.4, 0.5) is 5.69 Å². The van der Waals surface area contributed by atoms with Crippen LogP contribution < -0.4 is 15.8 Å². The highest BCUT2D eigenvalue weighted by molar-refractivity contribution is 5.98. The van der Waals surface area contributed by atoms with E-state index in [4.69, 9.17) is 10.5 Å². The van der Waals surface area contributed by atoms with Gasteiger partial charge in [-0.15, -0.1) is 0 Å².